The van der Waals surface area contributed by atoms with Crippen LogP contribution in [-0.4, -0.2) is 42.6 Å². The number of rotatable bonds is 13. The van der Waals surface area contributed by atoms with Crippen molar-refractivity contribution in [2.75, 3.05) is 13.2 Å². The van der Waals surface area contributed by atoms with Gasteiger partial charge in [0, 0.05) is 12.8 Å². The standard InChI is InChI=1S/C27H36O6/c1-20(2)32-26(27(28)29)19-21-9-11-22(12-10-21)30-17-6-18-31-23-13-15-25(16-14-23)33-24-7-4-3-5-8-24/h9-16,20,24,26H,3-8,17-19H2,1-2H3,(H,28,29)/t26-/m0/s1. The predicted octanol–water partition coefficient (Wildman–Crippen LogP) is 5.67. The van der Waals surface area contributed by atoms with Crippen molar-refractivity contribution in [3.8, 4) is 17.2 Å². The quantitative estimate of drug-likeness (QED) is 0.392. The van der Waals surface area contributed by atoms with E-state index in [4.69, 9.17) is 18.9 Å². The van der Waals surface area contributed by atoms with Crippen LogP contribution < -0.4 is 14.2 Å². The Kier molecular flexibility index (Phi) is 9.88. The fraction of sp³-hybridized carbons (Fsp3) is 0.519. The number of hydrogen-bond donors (Lipinski definition) is 1. The van der Waals surface area contributed by atoms with Gasteiger partial charge in [-0.2, -0.15) is 0 Å². The highest BCUT2D eigenvalue weighted by molar-refractivity contribution is 5.72. The predicted molar refractivity (Wildman–Crippen MR) is 127 cm³/mol. The summed E-state index contributed by atoms with van der Waals surface area (Å²) in [7, 11) is 0. The van der Waals surface area contributed by atoms with Gasteiger partial charge in [-0.1, -0.05) is 18.6 Å². The van der Waals surface area contributed by atoms with E-state index >= 15 is 0 Å². The fourth-order valence-electron chi connectivity index (χ4n) is 3.89. The van der Waals surface area contributed by atoms with Gasteiger partial charge in [-0.15, -0.1) is 0 Å². The van der Waals surface area contributed by atoms with Crippen LogP contribution in [0.25, 0.3) is 0 Å². The molecule has 1 fully saturated rings. The van der Waals surface area contributed by atoms with Crippen LogP contribution in [0.5, 0.6) is 17.2 Å². The molecular formula is C27H36O6. The number of carbonyl (C=O) groups is 1. The third-order valence-electron chi connectivity index (χ3n) is 5.56. The maximum Gasteiger partial charge on any atom is 0.333 e. The van der Waals surface area contributed by atoms with E-state index in [1.54, 1.807) is 0 Å². The lowest BCUT2D eigenvalue weighted by Gasteiger charge is -2.23. The van der Waals surface area contributed by atoms with Crippen LogP contribution in [0.15, 0.2) is 48.5 Å². The molecule has 1 aliphatic rings. The number of benzene rings is 2. The molecule has 0 amide bonds. The van der Waals surface area contributed by atoms with Crippen molar-refractivity contribution in [3.63, 3.8) is 0 Å². The summed E-state index contributed by atoms with van der Waals surface area (Å²) in [4.78, 5) is 11.3. The van der Waals surface area contributed by atoms with E-state index in [1.807, 2.05) is 62.4 Å². The van der Waals surface area contributed by atoms with E-state index in [9.17, 15) is 9.90 Å². The van der Waals surface area contributed by atoms with Gasteiger partial charge in [0.05, 0.1) is 25.4 Å². The summed E-state index contributed by atoms with van der Waals surface area (Å²) in [6.07, 6.45) is 6.59. The summed E-state index contributed by atoms with van der Waals surface area (Å²) in [6.45, 7) is 4.76. The van der Waals surface area contributed by atoms with E-state index < -0.39 is 12.1 Å². The summed E-state index contributed by atoms with van der Waals surface area (Å²) in [6, 6.07) is 15.3. The van der Waals surface area contributed by atoms with Crippen LogP contribution in [0.2, 0.25) is 0 Å². The molecule has 1 N–H and O–H groups in total. The molecule has 2 aromatic rings. The molecular weight excluding hydrogens is 420 g/mol. The topological polar surface area (TPSA) is 74.2 Å². The molecule has 33 heavy (non-hydrogen) atoms. The van der Waals surface area contributed by atoms with Gasteiger partial charge in [0.2, 0.25) is 0 Å². The van der Waals surface area contributed by atoms with Crippen LogP contribution in [-0.2, 0) is 16.0 Å². The first-order valence-corrected chi connectivity index (χ1v) is 12.0. The van der Waals surface area contributed by atoms with Crippen LogP contribution in [0.1, 0.15) is 57.9 Å². The van der Waals surface area contributed by atoms with Gasteiger partial charge >= 0.3 is 5.97 Å². The second-order valence-electron chi connectivity index (χ2n) is 8.76. The second-order valence-corrected chi connectivity index (χ2v) is 8.76. The normalized spacial score (nSPS) is 15.2. The number of carboxylic acid groups (broad SMARTS) is 1. The third-order valence-corrected chi connectivity index (χ3v) is 5.56. The minimum atomic E-state index is -0.949. The molecule has 0 unspecified atom stereocenters. The molecule has 0 aromatic heterocycles. The highest BCUT2D eigenvalue weighted by Crippen LogP contribution is 2.25. The maximum absolute atomic E-state index is 11.3. The van der Waals surface area contributed by atoms with Gasteiger partial charge in [-0.25, -0.2) is 4.79 Å². The molecule has 1 atom stereocenters. The van der Waals surface area contributed by atoms with E-state index in [2.05, 4.69) is 0 Å². The van der Waals surface area contributed by atoms with Crippen LogP contribution in [0.4, 0.5) is 0 Å². The lowest BCUT2D eigenvalue weighted by atomic mass is 9.98. The Morgan fingerprint density at radius 3 is 1.97 bits per heavy atom. The highest BCUT2D eigenvalue weighted by Gasteiger charge is 2.20. The zero-order chi connectivity index (χ0) is 23.5. The fourth-order valence-corrected chi connectivity index (χ4v) is 3.89. The first-order valence-electron chi connectivity index (χ1n) is 12.0. The maximum atomic E-state index is 11.3. The van der Waals surface area contributed by atoms with Gasteiger partial charge in [-0.05, 0) is 81.5 Å². The SMILES string of the molecule is CC(C)O[C@@H](Cc1ccc(OCCCOc2ccc(OC3CCCCC3)cc2)cc1)C(=O)O. The molecule has 0 bridgehead atoms. The highest BCUT2D eigenvalue weighted by atomic mass is 16.5. The minimum Gasteiger partial charge on any atom is -0.493 e. The van der Waals surface area contributed by atoms with Gasteiger partial charge < -0.3 is 24.1 Å². The molecule has 2 aromatic carbocycles. The van der Waals surface area contributed by atoms with Gasteiger partial charge in [0.25, 0.3) is 0 Å². The molecule has 0 heterocycles. The third kappa shape index (κ3) is 8.97. The zero-order valence-electron chi connectivity index (χ0n) is 19.7. The molecule has 3 rings (SSSR count). The lowest BCUT2D eigenvalue weighted by molar-refractivity contribution is -0.153. The average Bonchev–Trinajstić information content (AvgIpc) is 2.81. The number of aliphatic carboxylic acids is 1. The van der Waals surface area contributed by atoms with Gasteiger partial charge in [-0.3, -0.25) is 0 Å². The molecule has 1 saturated carbocycles. The van der Waals surface area contributed by atoms with Crippen molar-refractivity contribution in [1.82, 2.24) is 0 Å². The van der Waals surface area contributed by atoms with E-state index in [0.29, 0.717) is 25.7 Å². The first-order chi connectivity index (χ1) is 16.0. The van der Waals surface area contributed by atoms with Gasteiger partial charge in [0.15, 0.2) is 6.10 Å². The van der Waals surface area contributed by atoms with Crippen molar-refractivity contribution >= 4 is 5.97 Å². The summed E-state index contributed by atoms with van der Waals surface area (Å²) in [5.41, 5.74) is 0.898. The molecule has 6 heteroatoms. The minimum absolute atomic E-state index is 0.135. The van der Waals surface area contributed by atoms with E-state index in [0.717, 1.165) is 42.1 Å². The average molecular weight is 457 g/mol. The summed E-state index contributed by atoms with van der Waals surface area (Å²) in [5, 5.41) is 9.30. The Balaban J connectivity index is 1.33. The van der Waals surface area contributed by atoms with Crippen molar-refractivity contribution < 1.29 is 28.8 Å². The smallest absolute Gasteiger partial charge is 0.333 e. The Morgan fingerprint density at radius 1 is 0.879 bits per heavy atom. The molecule has 6 nitrogen and oxygen atoms in total. The van der Waals surface area contributed by atoms with Gasteiger partial charge in [0.1, 0.15) is 17.2 Å². The molecule has 1 aliphatic carbocycles. The van der Waals surface area contributed by atoms with Crippen LogP contribution >= 0.6 is 0 Å². The zero-order valence-corrected chi connectivity index (χ0v) is 19.7. The first kappa shape index (κ1) is 24.9. The number of ether oxygens (including phenoxy) is 4. The van der Waals surface area contributed by atoms with Crippen molar-refractivity contribution in [3.05, 3.63) is 54.1 Å². The Morgan fingerprint density at radius 2 is 1.42 bits per heavy atom. The summed E-state index contributed by atoms with van der Waals surface area (Å²) >= 11 is 0. The molecule has 0 saturated heterocycles. The van der Waals surface area contributed by atoms with Crippen LogP contribution in [0.3, 0.4) is 0 Å². The van der Waals surface area contributed by atoms with Crippen molar-refractivity contribution in [2.24, 2.45) is 0 Å². The number of hydrogen-bond acceptors (Lipinski definition) is 5. The molecule has 0 radical (unpaired) electrons. The largest absolute Gasteiger partial charge is 0.493 e. The monoisotopic (exact) mass is 456 g/mol. The summed E-state index contributed by atoms with van der Waals surface area (Å²) in [5.74, 6) is 1.54. The molecule has 0 aliphatic heterocycles. The Hall–Kier alpha value is -2.73. The van der Waals surface area contributed by atoms with Crippen LogP contribution in [0, 0.1) is 0 Å². The van der Waals surface area contributed by atoms with E-state index in [1.165, 1.54) is 19.3 Å². The van der Waals surface area contributed by atoms with E-state index in [-0.39, 0.29) is 6.10 Å². The Labute approximate surface area is 196 Å². The second kappa shape index (κ2) is 13.1. The molecule has 180 valence electrons. The van der Waals surface area contributed by atoms with Crippen molar-refractivity contribution in [1.29, 1.82) is 0 Å². The summed E-state index contributed by atoms with van der Waals surface area (Å²) < 4.78 is 23.1. The number of carboxylic acids is 1. The lowest BCUT2D eigenvalue weighted by Crippen LogP contribution is -2.29. The Bertz CT molecular complexity index is 825. The molecule has 0 spiro atoms. The van der Waals surface area contributed by atoms with Crippen molar-refractivity contribution in [2.45, 2.75) is 77.1 Å².